The van der Waals surface area contributed by atoms with Gasteiger partial charge in [0.2, 0.25) is 10.0 Å². The van der Waals surface area contributed by atoms with Gasteiger partial charge in [-0.2, -0.15) is 4.31 Å². The molecule has 1 atom stereocenters. The Balaban J connectivity index is 1.60. The molecular weight excluding hydrogens is 483 g/mol. The number of hydrogen-bond acceptors (Lipinski definition) is 5. The van der Waals surface area contributed by atoms with Crippen molar-refractivity contribution in [2.24, 2.45) is 5.73 Å². The number of benzene rings is 3. The van der Waals surface area contributed by atoms with E-state index in [1.807, 2.05) is 0 Å². The first-order valence-corrected chi connectivity index (χ1v) is 12.2. The largest absolute Gasteiger partial charge is 0.480 e. The minimum absolute atomic E-state index is 0.00107. The summed E-state index contributed by atoms with van der Waals surface area (Å²) in [5, 5.41) is 9.56. The number of nitrogens with zero attached hydrogens (tertiary/aromatic N) is 1. The predicted octanol–water partition coefficient (Wildman–Crippen LogP) is 3.41. The minimum atomic E-state index is -3.89. The number of aliphatic carboxylic acids is 1. The van der Waals surface area contributed by atoms with Crippen LogP contribution in [0, 0.1) is 5.82 Å². The van der Waals surface area contributed by atoms with E-state index in [-0.39, 0.29) is 24.4 Å². The molecule has 10 heteroatoms. The number of rotatable bonds is 8. The Labute approximate surface area is 201 Å². The quantitative estimate of drug-likeness (QED) is 0.486. The van der Waals surface area contributed by atoms with Crippen LogP contribution < -0.4 is 10.5 Å². The number of carbonyl (C=O) groups is 1. The molecule has 3 N–H and O–H groups in total. The number of ether oxygens (including phenoxy) is 1. The third kappa shape index (κ3) is 4.92. The standard InChI is InChI=1S/C24H22ClFN2O5S/c25-18-6-4-17(5-7-18)24(33-20-10-8-19(26)9-11-20)14-28(15-24)34(31,32)21-3-1-2-16(12-21)13-22(27)23(29)30/h1-12,22H,13-15,27H2,(H,29,30)/t22-/m0/s1. The summed E-state index contributed by atoms with van der Waals surface area (Å²) < 4.78 is 47.4. The summed E-state index contributed by atoms with van der Waals surface area (Å²) in [5.74, 6) is -1.17. The van der Waals surface area contributed by atoms with Crippen LogP contribution in [0.4, 0.5) is 4.39 Å². The van der Waals surface area contributed by atoms with E-state index in [1.165, 1.54) is 40.7 Å². The van der Waals surface area contributed by atoms with Gasteiger partial charge in [-0.15, -0.1) is 0 Å². The second-order valence-electron chi connectivity index (χ2n) is 8.13. The van der Waals surface area contributed by atoms with Gasteiger partial charge in [-0.25, -0.2) is 12.8 Å². The Hall–Kier alpha value is -2.98. The molecule has 7 nitrogen and oxygen atoms in total. The SMILES string of the molecule is N[C@@H](Cc1cccc(S(=O)(=O)N2CC(Oc3ccc(F)cc3)(c3ccc(Cl)cc3)C2)c1)C(=O)O. The molecule has 0 bridgehead atoms. The van der Waals surface area contributed by atoms with Crippen molar-refractivity contribution in [2.45, 2.75) is 23.0 Å². The van der Waals surface area contributed by atoms with Gasteiger partial charge in [-0.1, -0.05) is 35.9 Å². The molecule has 0 amide bonds. The van der Waals surface area contributed by atoms with E-state index in [2.05, 4.69) is 0 Å². The molecular formula is C24H22ClFN2O5S. The van der Waals surface area contributed by atoms with E-state index in [1.54, 1.807) is 36.4 Å². The van der Waals surface area contributed by atoms with Crippen LogP contribution in [-0.2, 0) is 26.8 Å². The molecule has 0 spiro atoms. The lowest BCUT2D eigenvalue weighted by Gasteiger charge is -2.48. The van der Waals surface area contributed by atoms with E-state index < -0.39 is 33.5 Å². The summed E-state index contributed by atoms with van der Waals surface area (Å²) in [7, 11) is -3.89. The average Bonchev–Trinajstić information content (AvgIpc) is 2.78. The second kappa shape index (κ2) is 9.34. The van der Waals surface area contributed by atoms with Gasteiger partial charge >= 0.3 is 5.97 Å². The topological polar surface area (TPSA) is 110 Å². The fourth-order valence-electron chi connectivity index (χ4n) is 3.80. The summed E-state index contributed by atoms with van der Waals surface area (Å²) in [6.45, 7) is 0.0421. The third-order valence-corrected chi connectivity index (χ3v) is 7.71. The zero-order chi connectivity index (χ0) is 24.5. The smallest absolute Gasteiger partial charge is 0.320 e. The van der Waals surface area contributed by atoms with Crippen molar-refractivity contribution < 1.29 is 27.4 Å². The number of halogens is 2. The van der Waals surface area contributed by atoms with Crippen LogP contribution in [0.25, 0.3) is 0 Å². The summed E-state index contributed by atoms with van der Waals surface area (Å²) in [6.07, 6.45) is 0.00107. The van der Waals surface area contributed by atoms with Crippen molar-refractivity contribution in [2.75, 3.05) is 13.1 Å². The highest BCUT2D eigenvalue weighted by atomic mass is 35.5. The van der Waals surface area contributed by atoms with Crippen molar-refractivity contribution in [1.29, 1.82) is 0 Å². The van der Waals surface area contributed by atoms with Crippen molar-refractivity contribution in [3.8, 4) is 5.75 Å². The fraction of sp³-hybridized carbons (Fsp3) is 0.208. The van der Waals surface area contributed by atoms with Crippen molar-refractivity contribution in [3.63, 3.8) is 0 Å². The lowest BCUT2D eigenvalue weighted by Crippen LogP contribution is -2.64. The van der Waals surface area contributed by atoms with Crippen LogP contribution in [0.1, 0.15) is 11.1 Å². The van der Waals surface area contributed by atoms with Crippen LogP contribution >= 0.6 is 11.6 Å². The monoisotopic (exact) mass is 504 g/mol. The summed E-state index contributed by atoms with van der Waals surface area (Å²) in [6, 6.07) is 17.4. The molecule has 0 unspecified atom stereocenters. The number of hydrogen-bond donors (Lipinski definition) is 2. The van der Waals surface area contributed by atoms with Crippen molar-refractivity contribution in [1.82, 2.24) is 4.31 Å². The van der Waals surface area contributed by atoms with Crippen LogP contribution in [0.2, 0.25) is 5.02 Å². The van der Waals surface area contributed by atoms with Crippen LogP contribution in [-0.4, -0.2) is 42.9 Å². The zero-order valence-corrected chi connectivity index (χ0v) is 19.5. The second-order valence-corrected chi connectivity index (χ2v) is 10.5. The number of sulfonamides is 1. The van der Waals surface area contributed by atoms with Crippen molar-refractivity contribution in [3.05, 3.63) is 94.8 Å². The Kier molecular flexibility index (Phi) is 6.64. The van der Waals surface area contributed by atoms with Crippen molar-refractivity contribution >= 4 is 27.6 Å². The molecule has 0 aromatic heterocycles. The molecule has 34 heavy (non-hydrogen) atoms. The van der Waals surface area contributed by atoms with Gasteiger partial charge in [-0.3, -0.25) is 4.79 Å². The van der Waals surface area contributed by atoms with Gasteiger partial charge in [-0.05, 0) is 66.1 Å². The highest BCUT2D eigenvalue weighted by molar-refractivity contribution is 7.89. The molecule has 1 aliphatic heterocycles. The molecule has 0 aliphatic carbocycles. The maximum absolute atomic E-state index is 13.3. The first-order chi connectivity index (χ1) is 16.1. The fourth-order valence-corrected chi connectivity index (χ4v) is 5.54. The van der Waals surface area contributed by atoms with Gasteiger partial charge in [0.15, 0.2) is 5.60 Å². The molecule has 0 radical (unpaired) electrons. The maximum Gasteiger partial charge on any atom is 0.320 e. The molecule has 4 rings (SSSR count). The number of nitrogens with two attached hydrogens (primary N) is 1. The maximum atomic E-state index is 13.3. The third-order valence-electron chi connectivity index (χ3n) is 5.67. The molecule has 3 aromatic rings. The molecule has 1 fully saturated rings. The summed E-state index contributed by atoms with van der Waals surface area (Å²) >= 11 is 6.02. The Morgan fingerprint density at radius 3 is 2.38 bits per heavy atom. The lowest BCUT2D eigenvalue weighted by atomic mass is 9.87. The lowest BCUT2D eigenvalue weighted by molar-refractivity contribution is -0.138. The molecule has 1 aliphatic rings. The van der Waals surface area contributed by atoms with Gasteiger partial charge in [0.25, 0.3) is 0 Å². The predicted molar refractivity (Wildman–Crippen MR) is 125 cm³/mol. The van der Waals surface area contributed by atoms with E-state index >= 15 is 0 Å². The summed E-state index contributed by atoms with van der Waals surface area (Å²) in [5.41, 5.74) is 5.84. The zero-order valence-electron chi connectivity index (χ0n) is 17.9. The highest BCUT2D eigenvalue weighted by Gasteiger charge is 2.52. The number of carboxylic acid groups (broad SMARTS) is 1. The van der Waals surface area contributed by atoms with Gasteiger partial charge in [0.1, 0.15) is 17.6 Å². The van der Waals surface area contributed by atoms with E-state index in [0.29, 0.717) is 16.3 Å². The summed E-state index contributed by atoms with van der Waals surface area (Å²) in [4.78, 5) is 11.1. The van der Waals surface area contributed by atoms with Gasteiger partial charge in [0.05, 0.1) is 18.0 Å². The molecule has 0 saturated carbocycles. The van der Waals surface area contributed by atoms with E-state index in [4.69, 9.17) is 27.2 Å². The normalized spacial score (nSPS) is 16.4. The van der Waals surface area contributed by atoms with E-state index in [0.717, 1.165) is 5.56 Å². The van der Waals surface area contributed by atoms with Crippen LogP contribution in [0.3, 0.4) is 0 Å². The van der Waals surface area contributed by atoms with Gasteiger partial charge in [0, 0.05) is 5.02 Å². The first kappa shape index (κ1) is 24.2. The number of carboxylic acids is 1. The molecule has 1 saturated heterocycles. The van der Waals surface area contributed by atoms with Crippen LogP contribution in [0.15, 0.2) is 77.7 Å². The molecule has 1 heterocycles. The average molecular weight is 505 g/mol. The Morgan fingerprint density at radius 2 is 1.76 bits per heavy atom. The van der Waals surface area contributed by atoms with E-state index in [9.17, 15) is 17.6 Å². The van der Waals surface area contributed by atoms with Gasteiger partial charge < -0.3 is 15.6 Å². The molecule has 178 valence electrons. The first-order valence-electron chi connectivity index (χ1n) is 10.4. The Morgan fingerprint density at radius 1 is 1.12 bits per heavy atom. The highest BCUT2D eigenvalue weighted by Crippen LogP contribution is 2.40. The Bertz CT molecular complexity index is 1290. The molecule has 3 aromatic carbocycles. The minimum Gasteiger partial charge on any atom is -0.480 e. The van der Waals surface area contributed by atoms with Crippen LogP contribution in [0.5, 0.6) is 5.75 Å².